The normalized spacial score (nSPS) is 18.0. The molecule has 1 atom stereocenters. The van der Waals surface area contributed by atoms with Gasteiger partial charge in [-0.15, -0.1) is 11.3 Å². The Balaban J connectivity index is 1.21. The zero-order valence-corrected chi connectivity index (χ0v) is 20.3. The van der Waals surface area contributed by atoms with Crippen LogP contribution in [0.1, 0.15) is 39.7 Å². The Labute approximate surface area is 212 Å². The second kappa shape index (κ2) is 9.46. The number of ether oxygens (including phenoxy) is 3. The van der Waals surface area contributed by atoms with Crippen LogP contribution in [0.4, 0.5) is 4.39 Å². The highest BCUT2D eigenvalue weighted by Crippen LogP contribution is 2.36. The number of thiophene rings is 1. The van der Waals surface area contributed by atoms with E-state index in [4.69, 9.17) is 14.2 Å². The number of benzene rings is 2. The third-order valence-corrected chi connectivity index (χ3v) is 7.82. The lowest BCUT2D eigenvalue weighted by Gasteiger charge is -2.37. The molecule has 7 nitrogen and oxygen atoms in total. The SMILES string of the molecule is O=C(c1ccc2c(c1)OCO2)N(CC(=O)N1CCc2sccc2C1COc1ccccc1F)C1CC1. The molecule has 36 heavy (non-hydrogen) atoms. The first-order valence-electron chi connectivity index (χ1n) is 12.0. The molecular weight excluding hydrogens is 483 g/mol. The molecule has 1 aliphatic carbocycles. The Kier molecular flexibility index (Phi) is 6.00. The van der Waals surface area contributed by atoms with Gasteiger partial charge in [-0.1, -0.05) is 12.1 Å². The summed E-state index contributed by atoms with van der Waals surface area (Å²) >= 11 is 1.65. The molecule has 1 fully saturated rings. The van der Waals surface area contributed by atoms with Gasteiger partial charge in [-0.2, -0.15) is 0 Å². The fourth-order valence-electron chi connectivity index (χ4n) is 4.79. The molecule has 2 amide bonds. The third-order valence-electron chi connectivity index (χ3n) is 6.82. The van der Waals surface area contributed by atoms with Crippen molar-refractivity contribution in [1.82, 2.24) is 9.80 Å². The molecule has 1 saturated carbocycles. The van der Waals surface area contributed by atoms with Gasteiger partial charge in [0.25, 0.3) is 5.91 Å². The topological polar surface area (TPSA) is 68.3 Å². The zero-order chi connectivity index (χ0) is 24.6. The first-order valence-corrected chi connectivity index (χ1v) is 12.9. The summed E-state index contributed by atoms with van der Waals surface area (Å²) in [6, 6.07) is 13.1. The molecule has 3 aliphatic rings. The van der Waals surface area contributed by atoms with E-state index >= 15 is 0 Å². The Morgan fingerprint density at radius 2 is 1.94 bits per heavy atom. The Morgan fingerprint density at radius 1 is 1.11 bits per heavy atom. The summed E-state index contributed by atoms with van der Waals surface area (Å²) in [7, 11) is 0. The highest BCUT2D eigenvalue weighted by Gasteiger charge is 2.38. The summed E-state index contributed by atoms with van der Waals surface area (Å²) in [5, 5.41) is 2.01. The maximum absolute atomic E-state index is 14.2. The number of carbonyl (C=O) groups excluding carboxylic acids is 2. The van der Waals surface area contributed by atoms with Crippen LogP contribution in [0.15, 0.2) is 53.9 Å². The van der Waals surface area contributed by atoms with E-state index in [0.29, 0.717) is 23.6 Å². The van der Waals surface area contributed by atoms with Crippen LogP contribution >= 0.6 is 11.3 Å². The third kappa shape index (κ3) is 4.39. The van der Waals surface area contributed by atoms with Crippen molar-refractivity contribution in [1.29, 1.82) is 0 Å². The van der Waals surface area contributed by atoms with Gasteiger partial charge >= 0.3 is 0 Å². The van der Waals surface area contributed by atoms with E-state index < -0.39 is 5.82 Å². The summed E-state index contributed by atoms with van der Waals surface area (Å²) < 4.78 is 30.8. The molecule has 186 valence electrons. The largest absolute Gasteiger partial charge is 0.488 e. The predicted octanol–water partition coefficient (Wildman–Crippen LogP) is 4.43. The minimum atomic E-state index is -0.439. The number of amides is 2. The number of carbonyl (C=O) groups is 2. The first kappa shape index (κ1) is 22.8. The lowest BCUT2D eigenvalue weighted by Crippen LogP contribution is -2.48. The maximum atomic E-state index is 14.2. The van der Waals surface area contributed by atoms with Crippen LogP contribution in [0.3, 0.4) is 0 Å². The molecule has 3 aromatic rings. The molecule has 3 heterocycles. The van der Waals surface area contributed by atoms with Gasteiger partial charge in [0.15, 0.2) is 23.1 Å². The van der Waals surface area contributed by atoms with Crippen molar-refractivity contribution in [2.24, 2.45) is 0 Å². The molecule has 9 heteroatoms. The van der Waals surface area contributed by atoms with Crippen LogP contribution < -0.4 is 14.2 Å². The monoisotopic (exact) mass is 508 g/mol. The van der Waals surface area contributed by atoms with E-state index in [1.807, 2.05) is 11.4 Å². The van der Waals surface area contributed by atoms with Crippen LogP contribution in [0.5, 0.6) is 17.2 Å². The van der Waals surface area contributed by atoms with Crippen molar-refractivity contribution in [3.8, 4) is 17.2 Å². The Hall–Kier alpha value is -3.59. The van der Waals surface area contributed by atoms with E-state index in [1.54, 1.807) is 57.5 Å². The van der Waals surface area contributed by atoms with Crippen molar-refractivity contribution in [3.05, 3.63) is 75.7 Å². The molecule has 0 saturated heterocycles. The van der Waals surface area contributed by atoms with Crippen LogP contribution in [0, 0.1) is 5.82 Å². The van der Waals surface area contributed by atoms with Crippen molar-refractivity contribution in [3.63, 3.8) is 0 Å². The lowest BCUT2D eigenvalue weighted by molar-refractivity contribution is -0.135. The minimum absolute atomic E-state index is 0.0202. The van der Waals surface area contributed by atoms with Gasteiger partial charge in [-0.25, -0.2) is 4.39 Å². The van der Waals surface area contributed by atoms with Crippen LogP contribution in [0.2, 0.25) is 0 Å². The first-order chi connectivity index (χ1) is 17.6. The number of rotatable bonds is 7. The van der Waals surface area contributed by atoms with E-state index in [1.165, 1.54) is 10.9 Å². The quantitative estimate of drug-likeness (QED) is 0.473. The second-order valence-electron chi connectivity index (χ2n) is 9.13. The average molecular weight is 509 g/mol. The Bertz CT molecular complexity index is 1310. The van der Waals surface area contributed by atoms with Gasteiger partial charge in [0, 0.05) is 23.0 Å². The molecule has 1 unspecified atom stereocenters. The van der Waals surface area contributed by atoms with Crippen molar-refractivity contribution in [2.75, 3.05) is 26.5 Å². The molecular formula is C27H25FN2O5S. The summed E-state index contributed by atoms with van der Waals surface area (Å²) in [6.07, 6.45) is 2.49. The predicted molar refractivity (Wildman–Crippen MR) is 131 cm³/mol. The van der Waals surface area contributed by atoms with Crippen molar-refractivity contribution in [2.45, 2.75) is 31.3 Å². The zero-order valence-electron chi connectivity index (χ0n) is 19.5. The van der Waals surface area contributed by atoms with Crippen LogP contribution in [-0.2, 0) is 11.2 Å². The summed E-state index contributed by atoms with van der Waals surface area (Å²) in [6.45, 7) is 0.769. The smallest absolute Gasteiger partial charge is 0.254 e. The fourth-order valence-corrected chi connectivity index (χ4v) is 5.72. The average Bonchev–Trinajstić information content (AvgIpc) is 3.42. The fraction of sp³-hybridized carbons (Fsp3) is 0.333. The van der Waals surface area contributed by atoms with E-state index in [0.717, 1.165) is 24.8 Å². The molecule has 0 radical (unpaired) electrons. The van der Waals surface area contributed by atoms with Crippen LogP contribution in [-0.4, -0.2) is 54.1 Å². The van der Waals surface area contributed by atoms with Gasteiger partial charge in [-0.05, 0) is 66.6 Å². The van der Waals surface area contributed by atoms with Crippen LogP contribution in [0.25, 0.3) is 0 Å². The number of hydrogen-bond donors (Lipinski definition) is 0. The summed E-state index contributed by atoms with van der Waals surface area (Å²) in [5.74, 6) is 0.523. The molecule has 0 bridgehead atoms. The minimum Gasteiger partial charge on any atom is -0.488 e. The maximum Gasteiger partial charge on any atom is 0.254 e. The molecule has 2 aromatic carbocycles. The molecule has 2 aliphatic heterocycles. The highest BCUT2D eigenvalue weighted by molar-refractivity contribution is 7.10. The molecule has 0 spiro atoms. The standard InChI is InChI=1S/C27H25FN2O5S/c28-20-3-1-2-4-22(20)33-15-21-19-10-12-36-25(19)9-11-29(21)26(31)14-30(18-6-7-18)27(32)17-5-8-23-24(13-17)35-16-34-23/h1-5,8,10,12-13,18,21H,6-7,9,11,14-16H2. The second-order valence-corrected chi connectivity index (χ2v) is 10.1. The molecule has 0 N–H and O–H groups in total. The number of fused-ring (bicyclic) bond motifs is 2. The van der Waals surface area contributed by atoms with Gasteiger partial charge in [0.2, 0.25) is 12.7 Å². The Morgan fingerprint density at radius 3 is 2.78 bits per heavy atom. The van der Waals surface area contributed by atoms with E-state index in [2.05, 4.69) is 0 Å². The lowest BCUT2D eigenvalue weighted by atomic mass is 10.0. The van der Waals surface area contributed by atoms with Crippen molar-refractivity contribution < 1.29 is 28.2 Å². The number of hydrogen-bond acceptors (Lipinski definition) is 6. The molecule has 6 rings (SSSR count). The van der Waals surface area contributed by atoms with Gasteiger partial charge in [-0.3, -0.25) is 9.59 Å². The summed E-state index contributed by atoms with van der Waals surface area (Å²) in [5.41, 5.74) is 1.49. The number of para-hydroxylation sites is 1. The van der Waals surface area contributed by atoms with Crippen molar-refractivity contribution >= 4 is 23.2 Å². The highest BCUT2D eigenvalue weighted by atomic mass is 32.1. The molecule has 1 aromatic heterocycles. The van der Waals surface area contributed by atoms with Gasteiger partial charge in [0.05, 0.1) is 6.04 Å². The van der Waals surface area contributed by atoms with Gasteiger partial charge < -0.3 is 24.0 Å². The van der Waals surface area contributed by atoms with E-state index in [-0.39, 0.29) is 49.6 Å². The summed E-state index contributed by atoms with van der Waals surface area (Å²) in [4.78, 5) is 31.7. The number of nitrogens with zero attached hydrogens (tertiary/aromatic N) is 2. The van der Waals surface area contributed by atoms with Gasteiger partial charge in [0.1, 0.15) is 13.2 Å². The van der Waals surface area contributed by atoms with E-state index in [9.17, 15) is 14.0 Å². The number of halogens is 1.